The van der Waals surface area contributed by atoms with Crippen molar-refractivity contribution in [3.63, 3.8) is 0 Å². The van der Waals surface area contributed by atoms with Crippen LogP contribution in [-0.2, 0) is 10.2 Å². The Morgan fingerprint density at radius 1 is 1.17 bits per heavy atom. The molecule has 1 fully saturated rings. The molecule has 0 aromatic heterocycles. The molecule has 1 atom stereocenters. The average Bonchev–Trinajstić information content (AvgIpc) is 2.53. The number of benzene rings is 1. The van der Waals surface area contributed by atoms with Gasteiger partial charge in [0.05, 0.1) is 5.41 Å². The van der Waals surface area contributed by atoms with Crippen molar-refractivity contribution in [1.29, 1.82) is 0 Å². The third-order valence-corrected chi connectivity index (χ3v) is 4.06. The molecule has 1 unspecified atom stereocenters. The lowest BCUT2D eigenvalue weighted by Crippen LogP contribution is -2.35. The minimum absolute atomic E-state index is 0. The van der Waals surface area contributed by atoms with Crippen LogP contribution in [0.5, 0.6) is 0 Å². The van der Waals surface area contributed by atoms with Gasteiger partial charge in [0.2, 0.25) is 0 Å². The van der Waals surface area contributed by atoms with Crippen LogP contribution in [0, 0.1) is 0 Å². The summed E-state index contributed by atoms with van der Waals surface area (Å²) in [6.07, 6.45) is 3.03. The molecule has 1 aliphatic heterocycles. The molecule has 0 aliphatic carbocycles. The van der Waals surface area contributed by atoms with E-state index in [1.807, 2.05) is 18.2 Å². The number of hydrogen-bond acceptors (Lipinski definition) is 2. The molecule has 2 rings (SSSR count). The summed E-state index contributed by atoms with van der Waals surface area (Å²) in [4.78, 5) is 14.5. The van der Waals surface area contributed by atoms with E-state index in [-0.39, 0.29) is 10.9 Å². The minimum atomic E-state index is -0.244. The number of carbonyl (C=O) groups excluding carboxylic acids is 1. The first-order valence-corrected chi connectivity index (χ1v) is 6.40. The van der Waals surface area contributed by atoms with Gasteiger partial charge in [-0.15, -0.1) is 0 Å². The first-order valence-electron chi connectivity index (χ1n) is 6.40. The highest BCUT2D eigenvalue weighted by atomic mass is 16.1. The van der Waals surface area contributed by atoms with Gasteiger partial charge in [0.15, 0.2) is 0 Å². The van der Waals surface area contributed by atoms with Crippen LogP contribution >= 0.6 is 0 Å². The Balaban J connectivity index is 0.00000162. The van der Waals surface area contributed by atoms with Crippen LogP contribution in [-0.4, -0.2) is 36.3 Å². The zero-order valence-electron chi connectivity index (χ0n) is 11.3. The maximum absolute atomic E-state index is 12.2. The number of carbonyl (C=O) groups is 1. The molecule has 1 heterocycles. The van der Waals surface area contributed by atoms with E-state index in [1.165, 1.54) is 5.56 Å². The molecule has 2 N–H and O–H groups in total. The number of likely N-dealkylation sites (tertiary alicyclic amines) is 1. The molecule has 1 aromatic carbocycles. The van der Waals surface area contributed by atoms with E-state index >= 15 is 0 Å². The van der Waals surface area contributed by atoms with E-state index in [0.29, 0.717) is 5.78 Å². The number of hydrogen-bond donors (Lipinski definition) is 0. The topological polar surface area (TPSA) is 51.8 Å². The quantitative estimate of drug-likeness (QED) is 0.802. The van der Waals surface area contributed by atoms with Crippen molar-refractivity contribution in [2.45, 2.75) is 31.6 Å². The Morgan fingerprint density at radius 3 is 2.44 bits per heavy atom. The molecule has 0 saturated carbocycles. The van der Waals surface area contributed by atoms with Crippen molar-refractivity contribution in [2.75, 3.05) is 20.1 Å². The molecule has 3 heteroatoms. The molecule has 1 aromatic rings. The van der Waals surface area contributed by atoms with Gasteiger partial charge in [0.25, 0.3) is 0 Å². The zero-order chi connectivity index (χ0) is 12.3. The maximum atomic E-state index is 12.2. The second-order valence-corrected chi connectivity index (χ2v) is 5.16. The predicted molar refractivity (Wildman–Crippen MR) is 73.8 cm³/mol. The zero-order valence-corrected chi connectivity index (χ0v) is 11.3. The Morgan fingerprint density at radius 2 is 1.83 bits per heavy atom. The van der Waals surface area contributed by atoms with Gasteiger partial charge in [-0.05, 0) is 51.9 Å². The van der Waals surface area contributed by atoms with Crippen LogP contribution < -0.4 is 0 Å². The highest BCUT2D eigenvalue weighted by Gasteiger charge is 2.37. The van der Waals surface area contributed by atoms with E-state index in [1.54, 1.807) is 6.92 Å². The summed E-state index contributed by atoms with van der Waals surface area (Å²) in [6.45, 7) is 3.86. The van der Waals surface area contributed by atoms with E-state index in [2.05, 4.69) is 24.1 Å². The first-order chi connectivity index (χ1) is 8.15. The number of nitrogens with zero attached hydrogens (tertiary/aromatic N) is 1. The number of rotatable bonds is 2. The second-order valence-electron chi connectivity index (χ2n) is 5.16. The van der Waals surface area contributed by atoms with Crippen LogP contribution in [0.25, 0.3) is 0 Å². The summed E-state index contributed by atoms with van der Waals surface area (Å²) >= 11 is 0. The van der Waals surface area contributed by atoms with Gasteiger partial charge in [0.1, 0.15) is 5.78 Å². The molecular formula is C15H23NO2. The van der Waals surface area contributed by atoms with Gasteiger partial charge >= 0.3 is 0 Å². The molecule has 0 amide bonds. The molecule has 1 saturated heterocycles. The number of ketones is 1. The first kappa shape index (κ1) is 14.9. The fraction of sp³-hybridized carbons (Fsp3) is 0.533. The Hall–Kier alpha value is -1.19. The second kappa shape index (κ2) is 6.12. The van der Waals surface area contributed by atoms with Crippen LogP contribution in [0.2, 0.25) is 0 Å². The van der Waals surface area contributed by atoms with Gasteiger partial charge in [-0.2, -0.15) is 0 Å². The SMILES string of the molecule is CC(=O)C1(c2ccccc2)CCCN(C)CC1.O. The molecule has 1 aliphatic rings. The molecule has 100 valence electrons. The highest BCUT2D eigenvalue weighted by Crippen LogP contribution is 2.36. The summed E-state index contributed by atoms with van der Waals surface area (Å²) in [5.41, 5.74) is 0.953. The monoisotopic (exact) mass is 249 g/mol. The largest absolute Gasteiger partial charge is 0.412 e. The lowest BCUT2D eigenvalue weighted by molar-refractivity contribution is -0.122. The standard InChI is InChI=1S/C15H21NO.H2O/c1-13(17)15(14-7-4-3-5-8-14)9-6-11-16(2)12-10-15;/h3-5,7-8H,6,9-12H2,1-2H3;1H2. The van der Waals surface area contributed by atoms with E-state index < -0.39 is 0 Å². The summed E-state index contributed by atoms with van der Waals surface area (Å²) in [7, 11) is 2.14. The van der Waals surface area contributed by atoms with Crippen molar-refractivity contribution < 1.29 is 10.3 Å². The predicted octanol–water partition coefficient (Wildman–Crippen LogP) is 1.80. The van der Waals surface area contributed by atoms with Crippen LogP contribution in [0.3, 0.4) is 0 Å². The van der Waals surface area contributed by atoms with Crippen molar-refractivity contribution in [1.82, 2.24) is 4.90 Å². The average molecular weight is 249 g/mol. The summed E-state index contributed by atoms with van der Waals surface area (Å²) < 4.78 is 0. The van der Waals surface area contributed by atoms with E-state index in [0.717, 1.165) is 32.4 Å². The van der Waals surface area contributed by atoms with Crippen molar-refractivity contribution in [3.05, 3.63) is 35.9 Å². The number of Topliss-reactive ketones (excluding diaryl/α,β-unsaturated/α-hetero) is 1. The highest BCUT2D eigenvalue weighted by molar-refractivity contribution is 5.88. The summed E-state index contributed by atoms with van der Waals surface area (Å²) in [5.74, 6) is 0.319. The Labute approximate surface area is 109 Å². The molecule has 0 bridgehead atoms. The van der Waals surface area contributed by atoms with E-state index in [9.17, 15) is 4.79 Å². The van der Waals surface area contributed by atoms with Gasteiger partial charge in [-0.3, -0.25) is 4.79 Å². The van der Waals surface area contributed by atoms with Gasteiger partial charge in [-0.25, -0.2) is 0 Å². The van der Waals surface area contributed by atoms with E-state index in [4.69, 9.17) is 0 Å². The van der Waals surface area contributed by atoms with Gasteiger partial charge < -0.3 is 10.4 Å². The maximum Gasteiger partial charge on any atom is 0.140 e. The lowest BCUT2D eigenvalue weighted by atomic mass is 9.72. The third kappa shape index (κ3) is 2.79. The normalized spacial score (nSPS) is 25.0. The fourth-order valence-corrected chi connectivity index (χ4v) is 2.87. The molecule has 18 heavy (non-hydrogen) atoms. The molecular weight excluding hydrogens is 226 g/mol. The van der Waals surface area contributed by atoms with Gasteiger partial charge in [-0.1, -0.05) is 30.3 Å². The van der Waals surface area contributed by atoms with Gasteiger partial charge in [0, 0.05) is 0 Å². The van der Waals surface area contributed by atoms with Crippen molar-refractivity contribution in [3.8, 4) is 0 Å². The van der Waals surface area contributed by atoms with Crippen molar-refractivity contribution in [2.24, 2.45) is 0 Å². The Kier molecular flexibility index (Phi) is 5.05. The molecule has 3 nitrogen and oxygen atoms in total. The third-order valence-electron chi connectivity index (χ3n) is 4.06. The summed E-state index contributed by atoms with van der Waals surface area (Å²) in [6, 6.07) is 10.3. The molecule has 0 spiro atoms. The van der Waals surface area contributed by atoms with Crippen LogP contribution in [0.15, 0.2) is 30.3 Å². The lowest BCUT2D eigenvalue weighted by Gasteiger charge is -2.30. The summed E-state index contributed by atoms with van der Waals surface area (Å²) in [5, 5.41) is 0. The fourth-order valence-electron chi connectivity index (χ4n) is 2.87. The van der Waals surface area contributed by atoms with Crippen molar-refractivity contribution >= 4 is 5.78 Å². The molecule has 0 radical (unpaired) electrons. The Bertz CT molecular complexity index is 391. The van der Waals surface area contributed by atoms with Crippen LogP contribution in [0.4, 0.5) is 0 Å². The smallest absolute Gasteiger partial charge is 0.140 e. The van der Waals surface area contributed by atoms with Crippen LogP contribution in [0.1, 0.15) is 31.7 Å². The minimum Gasteiger partial charge on any atom is -0.412 e.